The maximum absolute atomic E-state index is 11.9. The predicted octanol–water partition coefficient (Wildman–Crippen LogP) is 1.19. The molecule has 114 valence electrons. The molecule has 0 spiro atoms. The second-order valence-corrected chi connectivity index (χ2v) is 4.47. The molecule has 0 bridgehead atoms. The second kappa shape index (κ2) is 6.57. The average Bonchev–Trinajstić information content (AvgIpc) is 2.50. The van der Waals surface area contributed by atoms with Crippen molar-refractivity contribution in [1.29, 1.82) is 0 Å². The number of carboxylic acid groups (broad SMARTS) is 1. The lowest BCUT2D eigenvalue weighted by molar-refractivity contribution is -0.116. The van der Waals surface area contributed by atoms with Crippen LogP contribution >= 0.6 is 0 Å². The van der Waals surface area contributed by atoms with Crippen LogP contribution in [0.25, 0.3) is 0 Å². The minimum atomic E-state index is -1.16. The van der Waals surface area contributed by atoms with Crippen LogP contribution in [0, 0.1) is 0 Å². The number of aromatic carboxylic acids is 1. The normalized spacial score (nSPS) is 10.0. The fourth-order valence-corrected chi connectivity index (χ4v) is 1.81. The van der Waals surface area contributed by atoms with Gasteiger partial charge in [0.15, 0.2) is 0 Å². The first-order valence-corrected chi connectivity index (χ1v) is 6.37. The molecule has 1 aromatic heterocycles. The zero-order valence-corrected chi connectivity index (χ0v) is 11.8. The van der Waals surface area contributed by atoms with Crippen LogP contribution < -0.4 is 15.6 Å². The number of anilines is 1. The first kappa shape index (κ1) is 15.3. The lowest BCUT2D eigenvalue weighted by Gasteiger charge is -2.08. The van der Waals surface area contributed by atoms with Gasteiger partial charge in [-0.1, -0.05) is 0 Å². The highest BCUT2D eigenvalue weighted by atomic mass is 16.5. The Morgan fingerprint density at radius 2 is 1.86 bits per heavy atom. The molecule has 0 saturated carbocycles. The van der Waals surface area contributed by atoms with E-state index in [9.17, 15) is 14.4 Å². The van der Waals surface area contributed by atoms with Gasteiger partial charge >= 0.3 is 5.97 Å². The van der Waals surface area contributed by atoms with Gasteiger partial charge in [0.2, 0.25) is 5.91 Å². The van der Waals surface area contributed by atoms with Gasteiger partial charge in [0.25, 0.3) is 5.56 Å². The van der Waals surface area contributed by atoms with E-state index in [-0.39, 0.29) is 12.1 Å². The van der Waals surface area contributed by atoms with Gasteiger partial charge in [-0.3, -0.25) is 9.59 Å². The van der Waals surface area contributed by atoms with E-state index in [1.807, 2.05) is 0 Å². The van der Waals surface area contributed by atoms with Crippen LogP contribution in [0.3, 0.4) is 0 Å². The quantitative estimate of drug-likeness (QED) is 0.864. The molecule has 7 heteroatoms. The molecule has 7 nitrogen and oxygen atoms in total. The molecule has 0 radical (unpaired) electrons. The van der Waals surface area contributed by atoms with E-state index < -0.39 is 17.4 Å². The fourth-order valence-electron chi connectivity index (χ4n) is 1.81. The van der Waals surface area contributed by atoms with E-state index in [1.54, 1.807) is 24.3 Å². The molecule has 22 heavy (non-hydrogen) atoms. The zero-order valence-electron chi connectivity index (χ0n) is 11.8. The van der Waals surface area contributed by atoms with E-state index in [1.165, 1.54) is 13.2 Å². The predicted molar refractivity (Wildman–Crippen MR) is 79.3 cm³/mol. The highest BCUT2D eigenvalue weighted by Crippen LogP contribution is 2.14. The summed E-state index contributed by atoms with van der Waals surface area (Å²) in [5, 5.41) is 11.5. The number of nitrogens with zero attached hydrogens (tertiary/aromatic N) is 1. The fraction of sp³-hybridized carbons (Fsp3) is 0.133. The molecule has 0 saturated heterocycles. The molecule has 0 aliphatic heterocycles. The average molecular weight is 302 g/mol. The van der Waals surface area contributed by atoms with Gasteiger partial charge in [-0.15, -0.1) is 0 Å². The summed E-state index contributed by atoms with van der Waals surface area (Å²) < 4.78 is 6.05. The largest absolute Gasteiger partial charge is 0.497 e. The number of hydrogen-bond acceptors (Lipinski definition) is 4. The number of hydrogen-bond donors (Lipinski definition) is 2. The van der Waals surface area contributed by atoms with Gasteiger partial charge in [-0.05, 0) is 30.3 Å². The number of amides is 1. The molecule has 0 atom stereocenters. The Morgan fingerprint density at radius 1 is 1.18 bits per heavy atom. The van der Waals surface area contributed by atoms with Gasteiger partial charge in [-0.2, -0.15) is 0 Å². The third-order valence-electron chi connectivity index (χ3n) is 2.92. The number of nitrogens with one attached hydrogen (secondary N) is 1. The van der Waals surface area contributed by atoms with Gasteiger partial charge < -0.3 is 19.7 Å². The topological polar surface area (TPSA) is 97.6 Å². The Balaban J connectivity index is 2.09. The van der Waals surface area contributed by atoms with Crippen LogP contribution in [0.1, 0.15) is 10.4 Å². The molecule has 1 heterocycles. The van der Waals surface area contributed by atoms with E-state index >= 15 is 0 Å². The Hall–Kier alpha value is -3.09. The Bertz CT molecular complexity index is 749. The molecule has 1 aromatic carbocycles. The second-order valence-electron chi connectivity index (χ2n) is 4.47. The Morgan fingerprint density at radius 3 is 2.45 bits per heavy atom. The number of carbonyl (C=O) groups excluding carboxylic acids is 1. The molecule has 0 fully saturated rings. The highest BCUT2D eigenvalue weighted by Gasteiger charge is 2.09. The van der Waals surface area contributed by atoms with Gasteiger partial charge in [0.1, 0.15) is 12.3 Å². The van der Waals surface area contributed by atoms with Crippen LogP contribution in [0.15, 0.2) is 47.4 Å². The molecule has 2 rings (SSSR count). The van der Waals surface area contributed by atoms with Crippen molar-refractivity contribution in [1.82, 2.24) is 4.57 Å². The van der Waals surface area contributed by atoms with Gasteiger partial charge in [0, 0.05) is 18.0 Å². The highest BCUT2D eigenvalue weighted by molar-refractivity contribution is 5.91. The summed E-state index contributed by atoms with van der Waals surface area (Å²) >= 11 is 0. The molecular weight excluding hydrogens is 288 g/mol. The van der Waals surface area contributed by atoms with Gasteiger partial charge in [-0.25, -0.2) is 4.79 Å². The number of ether oxygens (including phenoxy) is 1. The van der Waals surface area contributed by atoms with Crippen molar-refractivity contribution in [3.8, 4) is 5.75 Å². The number of methoxy groups -OCH3 is 1. The maximum Gasteiger partial charge on any atom is 0.337 e. The minimum Gasteiger partial charge on any atom is -0.497 e. The van der Waals surface area contributed by atoms with E-state index in [4.69, 9.17) is 9.84 Å². The summed E-state index contributed by atoms with van der Waals surface area (Å²) in [6.07, 6.45) is 1.14. The van der Waals surface area contributed by atoms with Gasteiger partial charge in [0.05, 0.1) is 12.7 Å². The SMILES string of the molecule is COc1ccc(NC(=O)Cn2cc(C(=O)O)ccc2=O)cc1. The Labute approximate surface area is 125 Å². The van der Waals surface area contributed by atoms with Crippen LogP contribution in [0.2, 0.25) is 0 Å². The summed E-state index contributed by atoms with van der Waals surface area (Å²) in [5.41, 5.74) is 0.0416. The lowest BCUT2D eigenvalue weighted by atomic mass is 10.3. The first-order valence-electron chi connectivity index (χ1n) is 6.37. The monoisotopic (exact) mass is 302 g/mol. The number of pyridine rings is 1. The summed E-state index contributed by atoms with van der Waals surface area (Å²) in [6, 6.07) is 9.01. The van der Waals surface area contributed by atoms with Crippen LogP contribution in [0.5, 0.6) is 5.75 Å². The van der Waals surface area contributed by atoms with Crippen molar-refractivity contribution >= 4 is 17.6 Å². The molecule has 0 aliphatic rings. The molecule has 0 unspecified atom stereocenters. The van der Waals surface area contributed by atoms with Crippen molar-refractivity contribution in [3.05, 3.63) is 58.5 Å². The van der Waals surface area contributed by atoms with Crippen LogP contribution in [0.4, 0.5) is 5.69 Å². The van der Waals surface area contributed by atoms with Crippen molar-refractivity contribution in [2.75, 3.05) is 12.4 Å². The smallest absolute Gasteiger partial charge is 0.337 e. The summed E-state index contributed by atoms with van der Waals surface area (Å²) in [6.45, 7) is -0.272. The van der Waals surface area contributed by atoms with Crippen molar-refractivity contribution in [2.24, 2.45) is 0 Å². The van der Waals surface area contributed by atoms with Crippen molar-refractivity contribution in [2.45, 2.75) is 6.54 Å². The summed E-state index contributed by atoms with van der Waals surface area (Å²) in [4.78, 5) is 34.4. The molecule has 1 amide bonds. The van der Waals surface area contributed by atoms with Crippen molar-refractivity contribution in [3.63, 3.8) is 0 Å². The molecular formula is C15H14N2O5. The Kier molecular flexibility index (Phi) is 4.57. The minimum absolute atomic E-state index is 0.0585. The van der Waals surface area contributed by atoms with Crippen LogP contribution in [-0.4, -0.2) is 28.7 Å². The van der Waals surface area contributed by atoms with E-state index in [2.05, 4.69) is 5.32 Å². The van der Waals surface area contributed by atoms with E-state index in [0.29, 0.717) is 11.4 Å². The third kappa shape index (κ3) is 3.72. The molecule has 0 aliphatic carbocycles. The zero-order chi connectivity index (χ0) is 16.1. The number of benzene rings is 1. The summed E-state index contributed by atoms with van der Waals surface area (Å²) in [5.74, 6) is -0.942. The molecule has 2 N–H and O–H groups in total. The number of carboxylic acids is 1. The lowest BCUT2D eigenvalue weighted by Crippen LogP contribution is -2.27. The number of aromatic nitrogens is 1. The van der Waals surface area contributed by atoms with E-state index in [0.717, 1.165) is 16.8 Å². The molecule has 2 aromatic rings. The number of rotatable bonds is 5. The first-order chi connectivity index (χ1) is 10.5. The van der Waals surface area contributed by atoms with Crippen LogP contribution in [-0.2, 0) is 11.3 Å². The third-order valence-corrected chi connectivity index (χ3v) is 2.92. The summed E-state index contributed by atoms with van der Waals surface area (Å²) in [7, 11) is 1.54. The number of carbonyl (C=O) groups is 2. The standard InChI is InChI=1S/C15H14N2O5/c1-22-12-5-3-11(4-6-12)16-13(18)9-17-8-10(15(20)21)2-7-14(17)19/h2-8H,9H2,1H3,(H,16,18)(H,20,21). The van der Waals surface area contributed by atoms with Crippen molar-refractivity contribution < 1.29 is 19.4 Å². The maximum atomic E-state index is 11.9.